The fourth-order valence-corrected chi connectivity index (χ4v) is 2.01. The summed E-state index contributed by atoms with van der Waals surface area (Å²) in [6.45, 7) is 2.45. The van der Waals surface area contributed by atoms with Crippen LogP contribution in [0.3, 0.4) is 0 Å². The number of amides is 1. The summed E-state index contributed by atoms with van der Waals surface area (Å²) in [7, 11) is 0. The zero-order valence-electron chi connectivity index (χ0n) is 12.3. The molecule has 0 bridgehead atoms. The van der Waals surface area contributed by atoms with E-state index in [2.05, 4.69) is 22.4 Å². The second-order valence-corrected chi connectivity index (χ2v) is 5.02. The number of hydrogen-bond acceptors (Lipinski definition) is 2. The van der Waals surface area contributed by atoms with Crippen molar-refractivity contribution >= 4 is 5.91 Å². The molecule has 0 unspecified atom stereocenters. The second kappa shape index (κ2) is 8.00. The second-order valence-electron chi connectivity index (χ2n) is 5.02. The van der Waals surface area contributed by atoms with Crippen LogP contribution in [-0.4, -0.2) is 10.9 Å². The van der Waals surface area contributed by atoms with Crippen LogP contribution in [0, 0.1) is 0 Å². The molecule has 0 fully saturated rings. The van der Waals surface area contributed by atoms with E-state index in [1.807, 2.05) is 43.3 Å². The van der Waals surface area contributed by atoms with Gasteiger partial charge < -0.3 is 5.32 Å². The highest BCUT2D eigenvalue weighted by Crippen LogP contribution is 2.08. The highest BCUT2D eigenvalue weighted by Gasteiger charge is 2.00. The van der Waals surface area contributed by atoms with Gasteiger partial charge in [0, 0.05) is 12.3 Å². The average Bonchev–Trinajstić information content (AvgIpc) is 2.53. The molecule has 3 heteroatoms. The number of carbonyl (C=O) groups excluding carboxylic acids is 1. The number of rotatable bonds is 6. The lowest BCUT2D eigenvalue weighted by Gasteiger charge is -2.04. The molecule has 21 heavy (non-hydrogen) atoms. The van der Waals surface area contributed by atoms with Crippen molar-refractivity contribution in [2.75, 3.05) is 0 Å². The first-order valence-corrected chi connectivity index (χ1v) is 7.13. The Labute approximate surface area is 125 Å². The van der Waals surface area contributed by atoms with Gasteiger partial charge in [-0.25, -0.2) is 0 Å². The number of pyridine rings is 1. The minimum atomic E-state index is -0.0637. The van der Waals surface area contributed by atoms with Gasteiger partial charge in [-0.05, 0) is 37.5 Å². The topological polar surface area (TPSA) is 42.0 Å². The number of nitrogens with zero attached hydrogens (tertiary/aromatic N) is 1. The minimum Gasteiger partial charge on any atom is -0.347 e. The van der Waals surface area contributed by atoms with E-state index in [0.717, 1.165) is 24.1 Å². The molecular weight excluding hydrogens is 260 g/mol. The first-order valence-electron chi connectivity index (χ1n) is 7.13. The Morgan fingerprint density at radius 1 is 1.14 bits per heavy atom. The van der Waals surface area contributed by atoms with Crippen molar-refractivity contribution in [3.63, 3.8) is 0 Å². The number of hydrogen-bond donors (Lipinski definition) is 1. The zero-order chi connectivity index (χ0) is 14.9. The number of aryl methyl sites for hydroxylation is 1. The first-order chi connectivity index (χ1) is 10.2. The van der Waals surface area contributed by atoms with Crippen LogP contribution in [0.5, 0.6) is 0 Å². The summed E-state index contributed by atoms with van der Waals surface area (Å²) in [6.07, 6.45) is 5.24. The van der Waals surface area contributed by atoms with Crippen molar-refractivity contribution in [3.8, 4) is 0 Å². The summed E-state index contributed by atoms with van der Waals surface area (Å²) in [5.74, 6) is -0.0637. The molecule has 0 aliphatic heterocycles. The Hall–Kier alpha value is -2.42. The van der Waals surface area contributed by atoms with Crippen molar-refractivity contribution in [3.05, 3.63) is 77.6 Å². The fourth-order valence-electron chi connectivity index (χ4n) is 2.01. The van der Waals surface area contributed by atoms with Gasteiger partial charge in [0.2, 0.25) is 5.91 Å². The minimum absolute atomic E-state index is 0.0637. The Kier molecular flexibility index (Phi) is 5.71. The molecule has 0 saturated heterocycles. The molecule has 0 aliphatic carbocycles. The summed E-state index contributed by atoms with van der Waals surface area (Å²) in [6, 6.07) is 16.0. The summed E-state index contributed by atoms with van der Waals surface area (Å²) in [5.41, 5.74) is 3.23. The molecule has 0 atom stereocenters. The largest absolute Gasteiger partial charge is 0.347 e. The van der Waals surface area contributed by atoms with Gasteiger partial charge in [-0.2, -0.15) is 0 Å². The molecule has 1 aromatic heterocycles. The van der Waals surface area contributed by atoms with E-state index < -0.39 is 0 Å². The van der Waals surface area contributed by atoms with Crippen LogP contribution in [0.1, 0.15) is 24.6 Å². The number of benzene rings is 1. The normalized spacial score (nSPS) is 11.2. The van der Waals surface area contributed by atoms with Gasteiger partial charge in [0.25, 0.3) is 0 Å². The average molecular weight is 280 g/mol. The Morgan fingerprint density at radius 3 is 2.62 bits per heavy atom. The first kappa shape index (κ1) is 15.0. The van der Waals surface area contributed by atoms with Crippen LogP contribution in [0.25, 0.3) is 0 Å². The van der Waals surface area contributed by atoms with Gasteiger partial charge in [0.1, 0.15) is 0 Å². The highest BCUT2D eigenvalue weighted by atomic mass is 16.1. The van der Waals surface area contributed by atoms with Crippen molar-refractivity contribution in [1.29, 1.82) is 0 Å². The maximum absolute atomic E-state index is 11.8. The third kappa shape index (κ3) is 5.61. The SMILES string of the molecule is C/C(=C\C(=O)NCc1ccccn1)CCc1ccccc1. The van der Waals surface area contributed by atoms with Crippen molar-refractivity contribution < 1.29 is 4.79 Å². The summed E-state index contributed by atoms with van der Waals surface area (Å²) in [4.78, 5) is 16.0. The van der Waals surface area contributed by atoms with Crippen LogP contribution < -0.4 is 5.32 Å². The van der Waals surface area contributed by atoms with Crippen LogP contribution in [0.2, 0.25) is 0 Å². The van der Waals surface area contributed by atoms with Crippen LogP contribution in [0.4, 0.5) is 0 Å². The molecule has 108 valence electrons. The Morgan fingerprint density at radius 2 is 1.90 bits per heavy atom. The van der Waals surface area contributed by atoms with E-state index in [1.54, 1.807) is 12.3 Å². The number of nitrogens with one attached hydrogen (secondary N) is 1. The molecule has 0 radical (unpaired) electrons. The van der Waals surface area contributed by atoms with Gasteiger partial charge in [-0.3, -0.25) is 9.78 Å². The lowest BCUT2D eigenvalue weighted by atomic mass is 10.1. The Bertz CT molecular complexity index is 591. The molecule has 2 rings (SSSR count). The van der Waals surface area contributed by atoms with Crippen LogP contribution in [-0.2, 0) is 17.8 Å². The molecule has 1 N–H and O–H groups in total. The quantitative estimate of drug-likeness (QED) is 0.825. The number of aromatic nitrogens is 1. The third-order valence-corrected chi connectivity index (χ3v) is 3.20. The van der Waals surface area contributed by atoms with E-state index >= 15 is 0 Å². The Balaban J connectivity index is 1.77. The van der Waals surface area contributed by atoms with Gasteiger partial charge in [0.05, 0.1) is 12.2 Å². The van der Waals surface area contributed by atoms with Gasteiger partial charge in [-0.15, -0.1) is 0 Å². The monoisotopic (exact) mass is 280 g/mol. The van der Waals surface area contributed by atoms with E-state index in [4.69, 9.17) is 0 Å². The summed E-state index contributed by atoms with van der Waals surface area (Å²) < 4.78 is 0. The molecule has 1 aromatic carbocycles. The van der Waals surface area contributed by atoms with Crippen molar-refractivity contribution in [1.82, 2.24) is 10.3 Å². The number of allylic oxidation sites excluding steroid dienone is 1. The van der Waals surface area contributed by atoms with Gasteiger partial charge >= 0.3 is 0 Å². The molecule has 2 aromatic rings. The lowest BCUT2D eigenvalue weighted by Crippen LogP contribution is -2.21. The van der Waals surface area contributed by atoms with Crippen molar-refractivity contribution in [2.45, 2.75) is 26.3 Å². The van der Waals surface area contributed by atoms with Gasteiger partial charge in [0.15, 0.2) is 0 Å². The summed E-state index contributed by atoms with van der Waals surface area (Å²) in [5, 5.41) is 2.85. The van der Waals surface area contributed by atoms with Crippen LogP contribution in [0.15, 0.2) is 66.4 Å². The molecule has 0 saturated carbocycles. The molecule has 3 nitrogen and oxygen atoms in total. The van der Waals surface area contributed by atoms with Crippen molar-refractivity contribution in [2.24, 2.45) is 0 Å². The molecule has 0 spiro atoms. The maximum atomic E-state index is 11.8. The van der Waals surface area contributed by atoms with Crippen LogP contribution >= 0.6 is 0 Å². The number of carbonyl (C=O) groups is 1. The smallest absolute Gasteiger partial charge is 0.244 e. The van der Waals surface area contributed by atoms with E-state index in [-0.39, 0.29) is 5.91 Å². The predicted octanol–water partition coefficient (Wildman–Crippen LogP) is 3.28. The van der Waals surface area contributed by atoms with E-state index in [0.29, 0.717) is 6.54 Å². The highest BCUT2D eigenvalue weighted by molar-refractivity contribution is 5.88. The standard InChI is InChI=1S/C18H20N2O/c1-15(10-11-16-7-3-2-4-8-16)13-18(21)20-14-17-9-5-6-12-19-17/h2-9,12-13H,10-11,14H2,1H3,(H,20,21)/b15-13+. The summed E-state index contributed by atoms with van der Waals surface area (Å²) >= 11 is 0. The molecule has 0 aliphatic rings. The zero-order valence-corrected chi connectivity index (χ0v) is 12.3. The lowest BCUT2D eigenvalue weighted by molar-refractivity contribution is -0.116. The maximum Gasteiger partial charge on any atom is 0.244 e. The molecule has 1 amide bonds. The fraction of sp³-hybridized carbons (Fsp3) is 0.222. The van der Waals surface area contributed by atoms with E-state index in [9.17, 15) is 4.79 Å². The predicted molar refractivity (Wildman–Crippen MR) is 84.6 cm³/mol. The molecule has 1 heterocycles. The molecular formula is C18H20N2O. The van der Waals surface area contributed by atoms with E-state index in [1.165, 1.54) is 5.56 Å². The third-order valence-electron chi connectivity index (χ3n) is 3.20. The van der Waals surface area contributed by atoms with Gasteiger partial charge in [-0.1, -0.05) is 42.0 Å².